The Labute approximate surface area is 109 Å². The van der Waals surface area contributed by atoms with Crippen LogP contribution in [-0.2, 0) is 4.79 Å². The third-order valence-electron chi connectivity index (χ3n) is 3.38. The topological polar surface area (TPSA) is 77.8 Å². The Bertz CT molecular complexity index is 509. The number of nitrogens with zero attached hydrogens (tertiary/aromatic N) is 1. The molecule has 1 aromatic rings. The molecule has 2 N–H and O–H groups in total. The molecule has 2 rings (SSSR count). The first-order valence-corrected chi connectivity index (χ1v) is 5.99. The standard InChI is InChI=1S/C13H14FNO4/c14-10-2-1-9(13(18)19)7-11(10)15-5-3-8(4-6-15)12(16)17/h1-2,7-8H,3-6H2,(H,16,17)(H,18,19). The van der Waals surface area contributed by atoms with Crippen molar-refractivity contribution in [2.45, 2.75) is 12.8 Å². The van der Waals surface area contributed by atoms with Crippen LogP contribution in [0.25, 0.3) is 0 Å². The molecule has 6 heteroatoms. The molecular weight excluding hydrogens is 253 g/mol. The second-order valence-electron chi connectivity index (χ2n) is 4.57. The van der Waals surface area contributed by atoms with Gasteiger partial charge >= 0.3 is 11.9 Å². The van der Waals surface area contributed by atoms with Crippen molar-refractivity contribution in [3.05, 3.63) is 29.6 Å². The van der Waals surface area contributed by atoms with Crippen LogP contribution in [-0.4, -0.2) is 35.2 Å². The number of aliphatic carboxylic acids is 1. The molecule has 1 aromatic carbocycles. The summed E-state index contributed by atoms with van der Waals surface area (Å²) in [4.78, 5) is 23.4. The molecule has 1 aliphatic rings. The zero-order valence-corrected chi connectivity index (χ0v) is 10.2. The molecule has 0 aliphatic carbocycles. The fraction of sp³-hybridized carbons (Fsp3) is 0.385. The normalized spacial score (nSPS) is 16.4. The third kappa shape index (κ3) is 2.83. The number of halogens is 1. The van der Waals surface area contributed by atoms with Gasteiger partial charge in [-0.25, -0.2) is 9.18 Å². The molecule has 1 fully saturated rings. The van der Waals surface area contributed by atoms with Gasteiger partial charge in [-0.15, -0.1) is 0 Å². The van der Waals surface area contributed by atoms with Crippen LogP contribution < -0.4 is 4.90 Å². The molecule has 5 nitrogen and oxygen atoms in total. The molecule has 0 saturated carbocycles. The Balaban J connectivity index is 2.17. The van der Waals surface area contributed by atoms with E-state index in [1.807, 2.05) is 0 Å². The summed E-state index contributed by atoms with van der Waals surface area (Å²) in [6.07, 6.45) is 0.873. The van der Waals surface area contributed by atoms with Gasteiger partial charge in [-0.2, -0.15) is 0 Å². The number of carboxylic acids is 2. The number of benzene rings is 1. The summed E-state index contributed by atoms with van der Waals surface area (Å²) in [5, 5.41) is 17.8. The molecule has 0 amide bonds. The van der Waals surface area contributed by atoms with E-state index in [2.05, 4.69) is 0 Å². The van der Waals surface area contributed by atoms with Crippen molar-refractivity contribution in [1.29, 1.82) is 0 Å². The first-order valence-electron chi connectivity index (χ1n) is 5.99. The van der Waals surface area contributed by atoms with Gasteiger partial charge in [0.05, 0.1) is 17.2 Å². The lowest BCUT2D eigenvalue weighted by Crippen LogP contribution is -2.36. The van der Waals surface area contributed by atoms with Gasteiger partial charge in [0, 0.05) is 13.1 Å². The zero-order valence-electron chi connectivity index (χ0n) is 10.2. The molecule has 0 radical (unpaired) electrons. The van der Waals surface area contributed by atoms with E-state index in [1.165, 1.54) is 12.1 Å². The van der Waals surface area contributed by atoms with Crippen LogP contribution in [0, 0.1) is 11.7 Å². The van der Waals surface area contributed by atoms with Crippen LogP contribution in [0.3, 0.4) is 0 Å². The van der Waals surface area contributed by atoms with Gasteiger partial charge in [-0.05, 0) is 31.0 Å². The summed E-state index contributed by atoms with van der Waals surface area (Å²) in [5.74, 6) is -2.83. The van der Waals surface area contributed by atoms with E-state index in [0.29, 0.717) is 25.9 Å². The van der Waals surface area contributed by atoms with Crippen molar-refractivity contribution >= 4 is 17.6 Å². The van der Waals surface area contributed by atoms with Crippen molar-refractivity contribution in [2.24, 2.45) is 5.92 Å². The maximum atomic E-state index is 13.7. The van der Waals surface area contributed by atoms with Gasteiger partial charge in [0.2, 0.25) is 0 Å². The van der Waals surface area contributed by atoms with Gasteiger partial charge in [-0.3, -0.25) is 4.79 Å². The maximum absolute atomic E-state index is 13.7. The van der Waals surface area contributed by atoms with Crippen molar-refractivity contribution in [3.63, 3.8) is 0 Å². The van der Waals surface area contributed by atoms with Crippen LogP contribution in [0.1, 0.15) is 23.2 Å². The largest absolute Gasteiger partial charge is 0.481 e. The minimum Gasteiger partial charge on any atom is -0.481 e. The van der Waals surface area contributed by atoms with E-state index in [4.69, 9.17) is 10.2 Å². The highest BCUT2D eigenvalue weighted by atomic mass is 19.1. The van der Waals surface area contributed by atoms with Gasteiger partial charge in [0.15, 0.2) is 0 Å². The maximum Gasteiger partial charge on any atom is 0.335 e. The van der Waals surface area contributed by atoms with E-state index < -0.39 is 23.7 Å². The summed E-state index contributed by atoms with van der Waals surface area (Å²) in [5.41, 5.74) is 0.250. The Kier molecular flexibility index (Phi) is 3.69. The molecular formula is C13H14FNO4. The molecule has 0 aromatic heterocycles. The fourth-order valence-corrected chi connectivity index (χ4v) is 2.26. The van der Waals surface area contributed by atoms with Crippen molar-refractivity contribution in [1.82, 2.24) is 0 Å². The molecule has 1 heterocycles. The van der Waals surface area contributed by atoms with Crippen molar-refractivity contribution in [3.8, 4) is 0 Å². The Morgan fingerprint density at radius 3 is 2.37 bits per heavy atom. The van der Waals surface area contributed by atoms with Gasteiger partial charge < -0.3 is 15.1 Å². The van der Waals surface area contributed by atoms with Crippen LogP contribution in [0.5, 0.6) is 0 Å². The average molecular weight is 267 g/mol. The number of hydrogen-bond donors (Lipinski definition) is 2. The first-order chi connectivity index (χ1) is 8.99. The van der Waals surface area contributed by atoms with E-state index in [-0.39, 0.29) is 11.3 Å². The van der Waals surface area contributed by atoms with Crippen molar-refractivity contribution in [2.75, 3.05) is 18.0 Å². The van der Waals surface area contributed by atoms with Crippen LogP contribution in [0.15, 0.2) is 18.2 Å². The van der Waals surface area contributed by atoms with Crippen molar-refractivity contribution < 1.29 is 24.2 Å². The molecule has 0 bridgehead atoms. The fourth-order valence-electron chi connectivity index (χ4n) is 2.26. The minimum atomic E-state index is -1.11. The summed E-state index contributed by atoms with van der Waals surface area (Å²) in [6.45, 7) is 0.827. The molecule has 1 aliphatic heterocycles. The van der Waals surface area contributed by atoms with E-state index >= 15 is 0 Å². The number of rotatable bonds is 3. The Morgan fingerprint density at radius 2 is 1.84 bits per heavy atom. The molecule has 0 unspecified atom stereocenters. The van der Waals surface area contributed by atoms with Gasteiger partial charge in [-0.1, -0.05) is 0 Å². The number of anilines is 1. The molecule has 1 saturated heterocycles. The number of aromatic carboxylic acids is 1. The van der Waals surface area contributed by atoms with E-state index in [1.54, 1.807) is 4.90 Å². The summed E-state index contributed by atoms with van der Waals surface area (Å²) in [6, 6.07) is 3.63. The van der Waals surface area contributed by atoms with Gasteiger partial charge in [0.25, 0.3) is 0 Å². The average Bonchev–Trinajstić information content (AvgIpc) is 2.39. The highest BCUT2D eigenvalue weighted by molar-refractivity contribution is 5.89. The molecule has 19 heavy (non-hydrogen) atoms. The summed E-state index contributed by atoms with van der Waals surface area (Å²) < 4.78 is 13.7. The molecule has 0 atom stereocenters. The number of piperidine rings is 1. The first kappa shape index (κ1) is 13.3. The monoisotopic (exact) mass is 267 g/mol. The lowest BCUT2D eigenvalue weighted by atomic mass is 9.96. The van der Waals surface area contributed by atoms with Crippen LogP contribution in [0.2, 0.25) is 0 Å². The summed E-state index contributed by atoms with van der Waals surface area (Å²) >= 11 is 0. The smallest absolute Gasteiger partial charge is 0.335 e. The van der Waals surface area contributed by atoms with E-state index in [0.717, 1.165) is 6.07 Å². The summed E-state index contributed by atoms with van der Waals surface area (Å²) in [7, 11) is 0. The predicted octanol–water partition coefficient (Wildman–Crippen LogP) is 1.82. The minimum absolute atomic E-state index is 0.0248. The quantitative estimate of drug-likeness (QED) is 0.873. The second-order valence-corrected chi connectivity index (χ2v) is 4.57. The number of hydrogen-bond acceptors (Lipinski definition) is 3. The highest BCUT2D eigenvalue weighted by Crippen LogP contribution is 2.26. The molecule has 102 valence electrons. The Hall–Kier alpha value is -2.11. The lowest BCUT2D eigenvalue weighted by molar-refractivity contribution is -0.142. The van der Waals surface area contributed by atoms with E-state index in [9.17, 15) is 14.0 Å². The highest BCUT2D eigenvalue weighted by Gasteiger charge is 2.26. The third-order valence-corrected chi connectivity index (χ3v) is 3.38. The predicted molar refractivity (Wildman–Crippen MR) is 65.9 cm³/mol. The van der Waals surface area contributed by atoms with Crippen LogP contribution in [0.4, 0.5) is 10.1 Å². The van der Waals surface area contributed by atoms with Gasteiger partial charge in [0.1, 0.15) is 5.82 Å². The Morgan fingerprint density at radius 1 is 1.21 bits per heavy atom. The zero-order chi connectivity index (χ0) is 14.0. The second kappa shape index (κ2) is 5.26. The number of carbonyl (C=O) groups is 2. The van der Waals surface area contributed by atoms with Crippen LogP contribution >= 0.6 is 0 Å². The lowest BCUT2D eigenvalue weighted by Gasteiger charge is -2.32. The molecule has 0 spiro atoms. The number of carboxylic acid groups (broad SMARTS) is 2. The SMILES string of the molecule is O=C(O)c1ccc(F)c(N2CCC(C(=O)O)CC2)c1.